The van der Waals surface area contributed by atoms with Crippen molar-refractivity contribution >= 4 is 39.6 Å². The molecule has 220 valence electrons. The number of cyclic esters (lactones) is 1. The number of carbonyl (C=O) groups excluding carboxylic acids is 4. The van der Waals surface area contributed by atoms with Crippen LogP contribution < -0.4 is 5.32 Å². The molecule has 3 amide bonds. The van der Waals surface area contributed by atoms with Crippen LogP contribution in [0.1, 0.15) is 45.3 Å². The Morgan fingerprint density at radius 2 is 1.83 bits per heavy atom. The van der Waals surface area contributed by atoms with E-state index in [0.29, 0.717) is 16.5 Å². The summed E-state index contributed by atoms with van der Waals surface area (Å²) in [6, 6.07) is 7.11. The van der Waals surface area contributed by atoms with E-state index in [1.54, 1.807) is 17.9 Å². The van der Waals surface area contributed by atoms with Gasteiger partial charge in [-0.3, -0.25) is 19.2 Å². The van der Waals surface area contributed by atoms with Crippen molar-refractivity contribution in [1.82, 2.24) is 15.1 Å². The minimum atomic E-state index is -1.41. The Balaban J connectivity index is 1.60. The third-order valence-electron chi connectivity index (χ3n) is 8.44. The summed E-state index contributed by atoms with van der Waals surface area (Å²) in [7, 11) is 0. The molecule has 7 atom stereocenters. The summed E-state index contributed by atoms with van der Waals surface area (Å²) in [6.07, 6.45) is 4.54. The number of carbonyl (C=O) groups is 4. The van der Waals surface area contributed by atoms with Gasteiger partial charge in [-0.2, -0.15) is 0 Å². The van der Waals surface area contributed by atoms with Crippen LogP contribution in [0.4, 0.5) is 0 Å². The zero-order chi connectivity index (χ0) is 29.5. The predicted octanol–water partition coefficient (Wildman–Crippen LogP) is 2.23. The number of esters is 1. The van der Waals surface area contributed by atoms with Crippen molar-refractivity contribution in [3.05, 3.63) is 58.6 Å². The zero-order valence-electron chi connectivity index (χ0n) is 23.4. The monoisotopic (exact) mass is 629 g/mol. The average Bonchev–Trinajstić information content (AvgIpc) is 3.55. The Kier molecular flexibility index (Phi) is 8.41. The number of amides is 3. The number of allylic oxidation sites excluding steroid dienone is 1. The van der Waals surface area contributed by atoms with E-state index in [4.69, 9.17) is 9.47 Å². The topological polar surface area (TPSA) is 125 Å². The van der Waals surface area contributed by atoms with E-state index in [2.05, 4.69) is 21.2 Å². The molecule has 2 saturated heterocycles. The zero-order valence-corrected chi connectivity index (χ0v) is 25.0. The number of hydrogen-bond acceptors (Lipinski definition) is 7. The smallest absolute Gasteiger partial charge is 0.313 e. The molecule has 2 fully saturated rings. The minimum Gasteiger partial charge on any atom is -0.455 e. The summed E-state index contributed by atoms with van der Waals surface area (Å²) in [5, 5.41) is 13.0. The van der Waals surface area contributed by atoms with Crippen LogP contribution in [0.25, 0.3) is 0 Å². The van der Waals surface area contributed by atoms with Gasteiger partial charge in [-0.05, 0) is 38.8 Å². The maximum absolute atomic E-state index is 14.3. The van der Waals surface area contributed by atoms with Crippen LogP contribution >= 0.6 is 15.9 Å². The number of ether oxygens (including phenoxy) is 2. The van der Waals surface area contributed by atoms with Crippen molar-refractivity contribution in [3.8, 4) is 0 Å². The second kappa shape index (κ2) is 11.7. The highest BCUT2D eigenvalue weighted by Gasteiger charge is 2.75. The fourth-order valence-corrected chi connectivity index (χ4v) is 7.15. The van der Waals surface area contributed by atoms with E-state index < -0.39 is 53.6 Å². The molecule has 2 N–H and O–H groups in total. The number of nitrogens with one attached hydrogen (secondary N) is 1. The lowest BCUT2D eigenvalue weighted by molar-refractivity contribution is -0.160. The molecule has 5 rings (SSSR count). The van der Waals surface area contributed by atoms with Crippen molar-refractivity contribution in [2.24, 2.45) is 11.8 Å². The number of fused-ring (bicyclic) bond motifs is 2. The Hall–Kier alpha value is -3.02. The molecule has 1 aromatic rings. The molecule has 4 aliphatic heterocycles. The lowest BCUT2D eigenvalue weighted by Crippen LogP contribution is -2.59. The van der Waals surface area contributed by atoms with Gasteiger partial charge in [-0.25, -0.2) is 0 Å². The molecule has 41 heavy (non-hydrogen) atoms. The van der Waals surface area contributed by atoms with E-state index in [0.717, 1.165) is 0 Å². The molecule has 0 aromatic heterocycles. The summed E-state index contributed by atoms with van der Waals surface area (Å²) < 4.78 is 13.1. The number of hydrogen-bond donors (Lipinski definition) is 2. The van der Waals surface area contributed by atoms with Crippen molar-refractivity contribution in [1.29, 1.82) is 0 Å². The minimum absolute atomic E-state index is 0.0627. The molecule has 10 nitrogen and oxygen atoms in total. The van der Waals surface area contributed by atoms with Gasteiger partial charge < -0.3 is 29.7 Å². The van der Waals surface area contributed by atoms with Gasteiger partial charge in [0.25, 0.3) is 0 Å². The molecular weight excluding hydrogens is 594 g/mol. The first kappa shape index (κ1) is 29.5. The largest absolute Gasteiger partial charge is 0.455 e. The molecular formula is C30H36BrN3O7. The molecule has 0 radical (unpaired) electrons. The average molecular weight is 631 g/mol. The van der Waals surface area contributed by atoms with Crippen molar-refractivity contribution in [2.75, 3.05) is 19.7 Å². The molecule has 0 aliphatic carbocycles. The SMILES string of the molecule is CC(C)N1C/C=C\CCC(=O)NC[C@@H](c2ccccc2)OC(=O)[C@@H]2[C@H]3O[C@@]4(C=C3Br)[C@H](C1=O)N([C@H](C)CO)C(=O)[C@@H]24. The quantitative estimate of drug-likeness (QED) is 0.386. The number of benzene rings is 1. The molecule has 5 bridgehead atoms. The van der Waals surface area contributed by atoms with Gasteiger partial charge in [0.05, 0.1) is 25.1 Å². The van der Waals surface area contributed by atoms with Gasteiger partial charge in [0.15, 0.2) is 0 Å². The number of halogens is 1. The fourth-order valence-electron chi connectivity index (χ4n) is 6.41. The Labute approximate surface area is 247 Å². The van der Waals surface area contributed by atoms with Crippen LogP contribution in [-0.4, -0.2) is 88.1 Å². The van der Waals surface area contributed by atoms with E-state index in [9.17, 15) is 24.3 Å². The van der Waals surface area contributed by atoms with Crippen molar-refractivity contribution < 1.29 is 33.8 Å². The number of likely N-dealkylation sites (tertiary alicyclic amines) is 1. The highest BCUT2D eigenvalue weighted by Crippen LogP contribution is 2.59. The summed E-state index contributed by atoms with van der Waals surface area (Å²) in [5.74, 6) is -3.66. The van der Waals surface area contributed by atoms with Crippen LogP contribution in [0.2, 0.25) is 0 Å². The third kappa shape index (κ3) is 5.12. The van der Waals surface area contributed by atoms with E-state index in [1.165, 1.54) is 4.90 Å². The van der Waals surface area contributed by atoms with Gasteiger partial charge in [-0.15, -0.1) is 0 Å². The third-order valence-corrected chi connectivity index (χ3v) is 9.12. The van der Waals surface area contributed by atoms with Crippen LogP contribution in [0.15, 0.2) is 53.0 Å². The fraction of sp³-hybridized carbons (Fsp3) is 0.533. The van der Waals surface area contributed by atoms with E-state index in [1.807, 2.05) is 56.3 Å². The van der Waals surface area contributed by atoms with E-state index >= 15 is 0 Å². The van der Waals surface area contributed by atoms with Gasteiger partial charge in [-0.1, -0.05) is 58.4 Å². The molecule has 1 aromatic carbocycles. The number of aliphatic hydroxyl groups is 1. The predicted molar refractivity (Wildman–Crippen MR) is 152 cm³/mol. The number of rotatable bonds is 4. The van der Waals surface area contributed by atoms with Crippen LogP contribution in [0, 0.1) is 11.8 Å². The summed E-state index contributed by atoms with van der Waals surface area (Å²) in [5.41, 5.74) is -0.715. The van der Waals surface area contributed by atoms with Crippen LogP contribution in [0.3, 0.4) is 0 Å². The highest BCUT2D eigenvalue weighted by atomic mass is 79.9. The Morgan fingerprint density at radius 1 is 1.10 bits per heavy atom. The summed E-state index contributed by atoms with van der Waals surface area (Å²) in [6.45, 7) is 5.41. The lowest BCUT2D eigenvalue weighted by Gasteiger charge is -2.39. The van der Waals surface area contributed by atoms with Gasteiger partial charge in [0.2, 0.25) is 17.7 Å². The molecule has 1 spiro atoms. The molecule has 4 aliphatic rings. The molecule has 4 heterocycles. The first-order valence-electron chi connectivity index (χ1n) is 14.1. The Bertz CT molecular complexity index is 1270. The maximum Gasteiger partial charge on any atom is 0.313 e. The van der Waals surface area contributed by atoms with Crippen LogP contribution in [-0.2, 0) is 28.7 Å². The van der Waals surface area contributed by atoms with Crippen LogP contribution in [0.5, 0.6) is 0 Å². The van der Waals surface area contributed by atoms with Gasteiger partial charge in [0.1, 0.15) is 29.8 Å². The lowest BCUT2D eigenvalue weighted by atomic mass is 9.74. The second-order valence-corrected chi connectivity index (χ2v) is 12.3. The van der Waals surface area contributed by atoms with Crippen molar-refractivity contribution in [3.63, 3.8) is 0 Å². The van der Waals surface area contributed by atoms with Gasteiger partial charge in [0, 0.05) is 23.5 Å². The first-order valence-corrected chi connectivity index (χ1v) is 14.9. The second-order valence-electron chi connectivity index (χ2n) is 11.3. The van der Waals surface area contributed by atoms with E-state index in [-0.39, 0.29) is 44.0 Å². The maximum atomic E-state index is 14.3. The highest BCUT2D eigenvalue weighted by molar-refractivity contribution is 9.11. The first-order chi connectivity index (χ1) is 19.6. The molecule has 11 heteroatoms. The number of nitrogens with zero attached hydrogens (tertiary/aromatic N) is 2. The number of aliphatic hydroxyl groups excluding tert-OH is 1. The normalized spacial score (nSPS) is 33.9. The molecule has 0 saturated carbocycles. The summed E-state index contributed by atoms with van der Waals surface area (Å²) >= 11 is 3.54. The van der Waals surface area contributed by atoms with Gasteiger partial charge >= 0.3 is 5.97 Å². The Morgan fingerprint density at radius 3 is 2.51 bits per heavy atom. The summed E-state index contributed by atoms with van der Waals surface area (Å²) in [4.78, 5) is 58.1. The van der Waals surface area contributed by atoms with Crippen molar-refractivity contribution in [2.45, 2.75) is 69.5 Å². The molecule has 0 unspecified atom stereocenters. The standard InChI is InChI=1S/C30H36BrN3O7/c1-17(2)33-13-9-5-8-12-22(36)32-15-21(19-10-6-4-7-11-19)40-29(39)23-24-27(37)34(18(3)16-35)26(28(33)38)30(24)14-20(31)25(23)41-30/h4-7,9-11,14,17-18,21,23-26,35H,8,12-13,15-16H2,1-3H3,(H,32,36)/b9-5-/t18-,21+,23+,24-,25+,26+,30-/m1/s1.